The molecule has 0 aliphatic carbocycles. The van der Waals surface area contributed by atoms with E-state index in [1.165, 1.54) is 48.5 Å². The maximum Gasteiger partial charge on any atom is 0.336 e. The number of carboxylic acids is 8. The van der Waals surface area contributed by atoms with Crippen molar-refractivity contribution in [2.24, 2.45) is 0 Å². The topological polar surface area (TPSA) is 335 Å². The molecule has 0 bridgehead atoms. The molecule has 20 nitrogen and oxygen atoms in total. The molecule has 80 heavy (non-hydrogen) atoms. The Kier molecular flexibility index (Phi) is 17.7. The van der Waals surface area contributed by atoms with E-state index < -0.39 is 47.8 Å². The zero-order valence-corrected chi connectivity index (χ0v) is 41.6. The third kappa shape index (κ3) is 14.1. The molecule has 0 atom stereocenters. The molecular weight excluding hydrogens is 1040 g/mol. The number of hydrogen-bond acceptors (Lipinski definition) is 12. The van der Waals surface area contributed by atoms with Crippen molar-refractivity contribution in [2.45, 2.75) is 25.7 Å². The summed E-state index contributed by atoms with van der Waals surface area (Å²) in [6.07, 6.45) is 1.27. The largest absolute Gasteiger partial charge is 0.478 e. The van der Waals surface area contributed by atoms with Crippen molar-refractivity contribution < 1.29 is 98.2 Å². The van der Waals surface area contributed by atoms with Gasteiger partial charge in [-0.15, -0.1) is 0 Å². The van der Waals surface area contributed by atoms with E-state index in [1.807, 2.05) is 43.3 Å². The highest BCUT2D eigenvalue weighted by atomic mass is 16.5. The second-order valence-corrected chi connectivity index (χ2v) is 17.2. The average molecular weight is 1080 g/mol. The molecule has 0 aromatic heterocycles. The minimum atomic E-state index is -1.38. The van der Waals surface area contributed by atoms with Gasteiger partial charge < -0.3 is 59.8 Å². The molecule has 404 valence electrons. The number of aromatic carboxylic acids is 8. The average Bonchev–Trinajstić information content (AvgIpc) is 3.43. The van der Waals surface area contributed by atoms with Crippen LogP contribution in [0.4, 0.5) is 0 Å². The lowest BCUT2D eigenvalue weighted by molar-refractivity contribution is 0.0651. The summed E-state index contributed by atoms with van der Waals surface area (Å²) in [5, 5.41) is 74.0. The van der Waals surface area contributed by atoms with Crippen LogP contribution in [0, 0.1) is 0 Å². The summed E-state index contributed by atoms with van der Waals surface area (Å²) >= 11 is 0. The van der Waals surface area contributed by atoms with Crippen LogP contribution in [0.5, 0.6) is 46.0 Å². The highest BCUT2D eigenvalue weighted by Gasteiger charge is 2.22. The Balaban J connectivity index is 0.000000231. The lowest BCUT2D eigenvalue weighted by Gasteiger charge is -2.18. The molecular formula is C60H44O20. The zero-order chi connectivity index (χ0) is 57.8. The fraction of sp³-hybridized carbons (Fsp3) is 0.0667. The molecule has 0 amide bonds. The minimum Gasteiger partial charge on any atom is -0.478 e. The first-order valence-electron chi connectivity index (χ1n) is 23.7. The smallest absolute Gasteiger partial charge is 0.336 e. The van der Waals surface area contributed by atoms with Crippen LogP contribution in [0.15, 0.2) is 170 Å². The van der Waals surface area contributed by atoms with Crippen LogP contribution in [0.25, 0.3) is 0 Å². The van der Waals surface area contributed by atoms with Gasteiger partial charge in [0.2, 0.25) is 0 Å². The Labute approximate surface area is 452 Å². The van der Waals surface area contributed by atoms with E-state index in [4.69, 9.17) is 29.2 Å². The molecule has 0 unspecified atom stereocenters. The molecule has 20 heteroatoms. The predicted octanol–water partition coefficient (Wildman–Crippen LogP) is 12.3. The summed E-state index contributed by atoms with van der Waals surface area (Å²) in [4.78, 5) is 90.8. The van der Waals surface area contributed by atoms with Crippen molar-refractivity contribution in [1.82, 2.24) is 0 Å². The van der Waals surface area contributed by atoms with Crippen LogP contribution in [0.2, 0.25) is 0 Å². The highest BCUT2D eigenvalue weighted by Crippen LogP contribution is 2.35. The third-order valence-corrected chi connectivity index (χ3v) is 11.9. The van der Waals surface area contributed by atoms with Crippen molar-refractivity contribution in [3.8, 4) is 46.0 Å². The fourth-order valence-electron chi connectivity index (χ4n) is 8.19. The Morgan fingerprint density at radius 2 is 0.537 bits per heavy atom. The molecule has 0 aliphatic rings. The van der Waals surface area contributed by atoms with E-state index in [0.717, 1.165) is 46.5 Å². The summed E-state index contributed by atoms with van der Waals surface area (Å²) in [5.74, 6) is -8.56. The van der Waals surface area contributed by atoms with Gasteiger partial charge in [-0.3, -0.25) is 0 Å². The van der Waals surface area contributed by atoms with Crippen molar-refractivity contribution in [3.63, 3.8) is 0 Å². The predicted molar refractivity (Wildman–Crippen MR) is 282 cm³/mol. The lowest BCUT2D eigenvalue weighted by atomic mass is 9.89. The second kappa shape index (κ2) is 25.0. The summed E-state index contributed by atoms with van der Waals surface area (Å²) in [7, 11) is 0. The molecule has 8 aromatic carbocycles. The minimum absolute atomic E-state index is 0.102. The third-order valence-electron chi connectivity index (χ3n) is 11.9. The number of hydrogen-bond donors (Lipinski definition) is 8. The summed E-state index contributed by atoms with van der Waals surface area (Å²) in [6.45, 7) is 2.00. The first-order chi connectivity index (χ1) is 38.2. The van der Waals surface area contributed by atoms with Gasteiger partial charge in [-0.2, -0.15) is 0 Å². The fourth-order valence-corrected chi connectivity index (χ4v) is 8.19. The Bertz CT molecular complexity index is 3470. The van der Waals surface area contributed by atoms with E-state index >= 15 is 0 Å². The first-order valence-corrected chi connectivity index (χ1v) is 23.7. The van der Waals surface area contributed by atoms with Crippen LogP contribution in [0.3, 0.4) is 0 Å². The van der Waals surface area contributed by atoms with Crippen LogP contribution in [-0.2, 0) is 6.42 Å². The lowest BCUT2D eigenvalue weighted by Crippen LogP contribution is -2.08. The van der Waals surface area contributed by atoms with Gasteiger partial charge >= 0.3 is 47.8 Å². The van der Waals surface area contributed by atoms with E-state index in [2.05, 4.69) is 0 Å². The quantitative estimate of drug-likeness (QED) is 0.0331. The number of rotatable bonds is 21. The SMILES string of the molecule is CCC(c1cccc(Oc2ccc(C(=O)O)c(C(=O)O)c2)c1)c1cccc(Oc2ccc(C(=O)O)c(C(=O)O)c2)c1.O=C(O)c1ccc(Oc2ccc(Cc3ccc(Oc4ccc(C(=O)O)c(C(=O)O)c4)cc3)cc2)cc1C(=O)O. The molecule has 0 saturated carbocycles. The zero-order valence-electron chi connectivity index (χ0n) is 41.6. The summed E-state index contributed by atoms with van der Waals surface area (Å²) < 4.78 is 23.1. The van der Waals surface area contributed by atoms with Crippen molar-refractivity contribution in [1.29, 1.82) is 0 Å². The maximum absolute atomic E-state index is 11.5. The monoisotopic (exact) mass is 1080 g/mol. The number of carboxylic acid groups (broad SMARTS) is 8. The van der Waals surface area contributed by atoms with Gasteiger partial charge in [-0.05, 0) is 156 Å². The van der Waals surface area contributed by atoms with Crippen LogP contribution >= 0.6 is 0 Å². The van der Waals surface area contributed by atoms with Crippen molar-refractivity contribution in [2.75, 3.05) is 0 Å². The van der Waals surface area contributed by atoms with Crippen molar-refractivity contribution >= 4 is 47.8 Å². The first kappa shape index (κ1) is 56.4. The summed E-state index contributed by atoms with van der Waals surface area (Å²) in [5.41, 5.74) is 0.830. The Morgan fingerprint density at radius 3 is 0.787 bits per heavy atom. The Morgan fingerprint density at radius 1 is 0.300 bits per heavy atom. The second-order valence-electron chi connectivity index (χ2n) is 17.2. The van der Waals surface area contributed by atoms with Crippen LogP contribution in [-0.4, -0.2) is 88.6 Å². The molecule has 0 spiro atoms. The van der Waals surface area contributed by atoms with Crippen LogP contribution in [0.1, 0.15) is 124 Å². The van der Waals surface area contributed by atoms with Crippen LogP contribution < -0.4 is 18.9 Å². The van der Waals surface area contributed by atoms with Gasteiger partial charge in [0.1, 0.15) is 46.0 Å². The number of ether oxygens (including phenoxy) is 4. The molecule has 0 fully saturated rings. The van der Waals surface area contributed by atoms with E-state index in [-0.39, 0.29) is 73.4 Å². The molecule has 0 aliphatic heterocycles. The molecule has 0 radical (unpaired) electrons. The molecule has 0 saturated heterocycles. The van der Waals surface area contributed by atoms with E-state index in [0.29, 0.717) is 35.8 Å². The van der Waals surface area contributed by atoms with Gasteiger partial charge in [-0.25, -0.2) is 38.4 Å². The molecule has 8 N–H and O–H groups in total. The summed E-state index contributed by atoms with van der Waals surface area (Å²) in [6, 6.07) is 43.5. The maximum atomic E-state index is 11.5. The van der Waals surface area contributed by atoms with E-state index in [9.17, 15) is 69.0 Å². The van der Waals surface area contributed by atoms with Gasteiger partial charge in [0, 0.05) is 5.92 Å². The molecule has 8 aromatic rings. The van der Waals surface area contributed by atoms with Crippen molar-refractivity contribution in [3.05, 3.63) is 237 Å². The highest BCUT2D eigenvalue weighted by molar-refractivity contribution is 6.04. The Hall–Kier alpha value is -11.3. The standard InChI is InChI=1S/C31H24O10.C29H20O10/c1-2-23(17-5-3-7-19(13-17)40-21-9-11-24(28(32)33)26(15-21)30(36)37)18-6-4-8-20(14-18)41-22-10-12-25(29(34)35)27(16-22)31(38)39;30-26(31)22-11-9-20(14-24(22)28(34)35)38-18-5-1-16(2-6-18)13-17-3-7-19(8-4-17)39-21-10-12-23(27(32)33)25(15-21)29(36)37/h3-16,23H,2H2,1H3,(H,32,33)(H,34,35)(H,36,37)(H,38,39);1-12,14-15H,13H2,(H,30,31)(H,32,33)(H,34,35)(H,36,37). The normalized spacial score (nSPS) is 10.6. The van der Waals surface area contributed by atoms with Gasteiger partial charge in [0.25, 0.3) is 0 Å². The van der Waals surface area contributed by atoms with Gasteiger partial charge in [0.15, 0.2) is 0 Å². The van der Waals surface area contributed by atoms with E-state index in [1.54, 1.807) is 60.7 Å². The number of benzene rings is 8. The van der Waals surface area contributed by atoms with Gasteiger partial charge in [0.05, 0.1) is 44.5 Å². The molecule has 0 heterocycles. The number of carbonyl (C=O) groups is 8. The van der Waals surface area contributed by atoms with Gasteiger partial charge in [-0.1, -0.05) is 55.5 Å². The molecule has 8 rings (SSSR count).